The van der Waals surface area contributed by atoms with Crippen molar-refractivity contribution in [2.75, 3.05) is 11.9 Å². The fourth-order valence-corrected chi connectivity index (χ4v) is 3.08. The van der Waals surface area contributed by atoms with Gasteiger partial charge in [-0.15, -0.1) is 0 Å². The predicted octanol–water partition coefficient (Wildman–Crippen LogP) is 2.72. The zero-order valence-electron chi connectivity index (χ0n) is 11.5. The van der Waals surface area contributed by atoms with Crippen molar-refractivity contribution >= 4 is 11.6 Å². The van der Waals surface area contributed by atoms with Gasteiger partial charge in [0.25, 0.3) is 0 Å². The molecule has 0 bridgehead atoms. The minimum absolute atomic E-state index is 0.0881. The molecule has 0 saturated heterocycles. The third-order valence-corrected chi connectivity index (χ3v) is 4.46. The van der Waals surface area contributed by atoms with E-state index in [0.29, 0.717) is 5.41 Å². The van der Waals surface area contributed by atoms with Crippen LogP contribution in [0.25, 0.3) is 0 Å². The number of carbonyl (C=O) groups is 1. The molecule has 1 saturated carbocycles. The zero-order valence-corrected chi connectivity index (χ0v) is 11.5. The second kappa shape index (κ2) is 4.87. The summed E-state index contributed by atoms with van der Waals surface area (Å²) in [6.07, 6.45) is 5.82. The standard InChI is InChI=1S/C16H22N2O/c1-2-7-16(8-9-16)11-17-15(19)14-10-12-5-3-4-6-13(12)18-14/h3-6,14,18H,2,7-11H2,1H3,(H,17,19). The SMILES string of the molecule is CCCC1(CNC(=O)C2Cc3ccccc3N2)CC1. The highest BCUT2D eigenvalue weighted by Crippen LogP contribution is 2.48. The third-order valence-electron chi connectivity index (χ3n) is 4.46. The number of para-hydroxylation sites is 1. The molecule has 1 amide bonds. The number of benzene rings is 1. The van der Waals surface area contributed by atoms with Gasteiger partial charge in [-0.3, -0.25) is 4.79 Å². The van der Waals surface area contributed by atoms with Crippen LogP contribution in [0.2, 0.25) is 0 Å². The first-order chi connectivity index (χ1) is 9.22. The summed E-state index contributed by atoms with van der Waals surface area (Å²) in [7, 11) is 0. The number of anilines is 1. The highest BCUT2D eigenvalue weighted by molar-refractivity contribution is 5.87. The van der Waals surface area contributed by atoms with Gasteiger partial charge in [-0.25, -0.2) is 0 Å². The van der Waals surface area contributed by atoms with Crippen molar-refractivity contribution in [2.45, 2.75) is 45.1 Å². The minimum Gasteiger partial charge on any atom is -0.373 e. The topological polar surface area (TPSA) is 41.1 Å². The van der Waals surface area contributed by atoms with Gasteiger partial charge in [-0.1, -0.05) is 31.5 Å². The largest absolute Gasteiger partial charge is 0.373 e. The second-order valence-electron chi connectivity index (χ2n) is 6.03. The summed E-state index contributed by atoms with van der Waals surface area (Å²) in [5, 5.41) is 6.46. The predicted molar refractivity (Wildman–Crippen MR) is 77.1 cm³/mol. The molecule has 0 aromatic heterocycles. The lowest BCUT2D eigenvalue weighted by molar-refractivity contribution is -0.122. The van der Waals surface area contributed by atoms with Crippen LogP contribution in [0, 0.1) is 5.41 Å². The quantitative estimate of drug-likeness (QED) is 0.852. The number of nitrogens with one attached hydrogen (secondary N) is 2. The Hall–Kier alpha value is -1.51. The Morgan fingerprint density at radius 1 is 1.42 bits per heavy atom. The number of rotatable bonds is 5. The fourth-order valence-electron chi connectivity index (χ4n) is 3.08. The molecule has 0 radical (unpaired) electrons. The van der Waals surface area contributed by atoms with E-state index < -0.39 is 0 Å². The summed E-state index contributed by atoms with van der Waals surface area (Å²) in [5.41, 5.74) is 2.78. The van der Waals surface area contributed by atoms with Gasteiger partial charge in [0, 0.05) is 18.7 Å². The Bertz CT molecular complexity index is 454. The van der Waals surface area contributed by atoms with Crippen molar-refractivity contribution in [1.29, 1.82) is 0 Å². The first kappa shape index (κ1) is 12.5. The molecule has 1 aliphatic heterocycles. The Kier molecular flexibility index (Phi) is 3.21. The molecular formula is C16H22N2O. The van der Waals surface area contributed by atoms with Crippen molar-refractivity contribution < 1.29 is 4.79 Å². The average Bonchev–Trinajstić information content (AvgIpc) is 3.04. The van der Waals surface area contributed by atoms with Gasteiger partial charge in [0.2, 0.25) is 5.91 Å². The molecular weight excluding hydrogens is 236 g/mol. The highest BCUT2D eigenvalue weighted by atomic mass is 16.2. The summed E-state index contributed by atoms with van der Waals surface area (Å²) in [5.74, 6) is 0.151. The van der Waals surface area contributed by atoms with Crippen LogP contribution in [0.15, 0.2) is 24.3 Å². The summed E-state index contributed by atoms with van der Waals surface area (Å²) >= 11 is 0. The number of fused-ring (bicyclic) bond motifs is 1. The Labute approximate surface area is 114 Å². The molecule has 3 heteroatoms. The third kappa shape index (κ3) is 2.60. The van der Waals surface area contributed by atoms with Crippen LogP contribution in [0.4, 0.5) is 5.69 Å². The van der Waals surface area contributed by atoms with E-state index in [1.165, 1.54) is 31.2 Å². The van der Waals surface area contributed by atoms with E-state index in [1.807, 2.05) is 18.2 Å². The van der Waals surface area contributed by atoms with Crippen LogP contribution < -0.4 is 10.6 Å². The van der Waals surface area contributed by atoms with Crippen molar-refractivity contribution in [3.63, 3.8) is 0 Å². The van der Waals surface area contributed by atoms with E-state index in [4.69, 9.17) is 0 Å². The molecule has 3 rings (SSSR count). The van der Waals surface area contributed by atoms with Crippen LogP contribution in [0.5, 0.6) is 0 Å². The van der Waals surface area contributed by atoms with Gasteiger partial charge >= 0.3 is 0 Å². The fraction of sp³-hybridized carbons (Fsp3) is 0.562. The van der Waals surface area contributed by atoms with Crippen LogP contribution in [0.1, 0.15) is 38.2 Å². The number of carbonyl (C=O) groups excluding carboxylic acids is 1. The lowest BCUT2D eigenvalue weighted by Crippen LogP contribution is -2.41. The van der Waals surface area contributed by atoms with E-state index in [0.717, 1.165) is 18.7 Å². The second-order valence-corrected chi connectivity index (χ2v) is 6.03. The van der Waals surface area contributed by atoms with Gasteiger partial charge < -0.3 is 10.6 Å². The lowest BCUT2D eigenvalue weighted by atomic mass is 10.0. The lowest BCUT2D eigenvalue weighted by Gasteiger charge is -2.17. The van der Waals surface area contributed by atoms with Gasteiger partial charge in [0.05, 0.1) is 0 Å². The Morgan fingerprint density at radius 3 is 2.89 bits per heavy atom. The van der Waals surface area contributed by atoms with Gasteiger partial charge in [-0.05, 0) is 36.3 Å². The van der Waals surface area contributed by atoms with E-state index in [9.17, 15) is 4.79 Å². The molecule has 1 aromatic carbocycles. The molecule has 102 valence electrons. The molecule has 19 heavy (non-hydrogen) atoms. The smallest absolute Gasteiger partial charge is 0.242 e. The maximum Gasteiger partial charge on any atom is 0.242 e. The summed E-state index contributed by atoms with van der Waals surface area (Å²) in [6, 6.07) is 8.08. The number of amides is 1. The Balaban J connectivity index is 1.53. The van der Waals surface area contributed by atoms with E-state index in [1.54, 1.807) is 0 Å². The maximum atomic E-state index is 12.2. The van der Waals surface area contributed by atoms with Gasteiger partial charge in [0.1, 0.15) is 6.04 Å². The molecule has 0 spiro atoms. The number of hydrogen-bond acceptors (Lipinski definition) is 2. The first-order valence-electron chi connectivity index (χ1n) is 7.35. The molecule has 3 nitrogen and oxygen atoms in total. The molecule has 1 unspecified atom stereocenters. The highest BCUT2D eigenvalue weighted by Gasteiger charge is 2.42. The molecule has 1 heterocycles. The molecule has 1 fully saturated rings. The van der Waals surface area contributed by atoms with Crippen molar-refractivity contribution in [1.82, 2.24) is 5.32 Å². The van der Waals surface area contributed by atoms with E-state index >= 15 is 0 Å². The number of hydrogen-bond donors (Lipinski definition) is 2. The molecule has 1 atom stereocenters. The minimum atomic E-state index is -0.0881. The maximum absolute atomic E-state index is 12.2. The van der Waals surface area contributed by atoms with Crippen LogP contribution >= 0.6 is 0 Å². The van der Waals surface area contributed by atoms with Gasteiger partial charge in [0.15, 0.2) is 0 Å². The summed E-state index contributed by atoms with van der Waals surface area (Å²) in [6.45, 7) is 3.07. The molecule has 2 N–H and O–H groups in total. The average molecular weight is 258 g/mol. The first-order valence-corrected chi connectivity index (χ1v) is 7.35. The molecule has 2 aliphatic rings. The normalized spacial score (nSPS) is 22.5. The van der Waals surface area contributed by atoms with Crippen LogP contribution in [0.3, 0.4) is 0 Å². The summed E-state index contributed by atoms with van der Waals surface area (Å²) < 4.78 is 0. The van der Waals surface area contributed by atoms with Crippen LogP contribution in [-0.2, 0) is 11.2 Å². The zero-order chi connectivity index (χ0) is 13.3. The molecule has 1 aliphatic carbocycles. The van der Waals surface area contributed by atoms with Crippen molar-refractivity contribution in [3.8, 4) is 0 Å². The van der Waals surface area contributed by atoms with Gasteiger partial charge in [-0.2, -0.15) is 0 Å². The summed E-state index contributed by atoms with van der Waals surface area (Å²) in [4.78, 5) is 12.2. The van der Waals surface area contributed by atoms with Crippen molar-refractivity contribution in [2.24, 2.45) is 5.41 Å². The van der Waals surface area contributed by atoms with E-state index in [-0.39, 0.29) is 11.9 Å². The van der Waals surface area contributed by atoms with Crippen LogP contribution in [-0.4, -0.2) is 18.5 Å². The molecule has 1 aromatic rings. The Morgan fingerprint density at radius 2 is 2.21 bits per heavy atom. The van der Waals surface area contributed by atoms with Crippen molar-refractivity contribution in [3.05, 3.63) is 29.8 Å². The monoisotopic (exact) mass is 258 g/mol. The van der Waals surface area contributed by atoms with E-state index in [2.05, 4.69) is 23.6 Å².